The third-order valence-corrected chi connectivity index (χ3v) is 4.58. The van der Waals surface area contributed by atoms with Crippen molar-refractivity contribution in [1.82, 2.24) is 0 Å². The van der Waals surface area contributed by atoms with Crippen LogP contribution in [0, 0.1) is 0 Å². The molecule has 0 saturated carbocycles. The molecule has 0 radical (unpaired) electrons. The van der Waals surface area contributed by atoms with Gasteiger partial charge >= 0.3 is 0 Å². The maximum absolute atomic E-state index is 11.5. The highest BCUT2D eigenvalue weighted by molar-refractivity contribution is 7.20. The van der Waals surface area contributed by atoms with Gasteiger partial charge in [0.25, 0.3) is 5.91 Å². The van der Waals surface area contributed by atoms with Crippen LogP contribution in [0.5, 0.6) is 5.75 Å². The molecule has 3 rings (SSSR count). The molecule has 0 fully saturated rings. The van der Waals surface area contributed by atoms with Gasteiger partial charge in [0.2, 0.25) is 0 Å². The predicted molar refractivity (Wildman–Crippen MR) is 76.6 cm³/mol. The molecular formula is C14H14N2O2S. The lowest BCUT2D eigenvalue weighted by Crippen LogP contribution is -2.15. The van der Waals surface area contributed by atoms with Crippen molar-refractivity contribution in [2.75, 3.05) is 12.8 Å². The average molecular weight is 274 g/mol. The van der Waals surface area contributed by atoms with E-state index < -0.39 is 5.91 Å². The monoisotopic (exact) mass is 274 g/mol. The highest BCUT2D eigenvalue weighted by Crippen LogP contribution is 2.44. The third-order valence-electron chi connectivity index (χ3n) is 3.48. The summed E-state index contributed by atoms with van der Waals surface area (Å²) in [7, 11) is 1.66. The van der Waals surface area contributed by atoms with Gasteiger partial charge in [-0.1, -0.05) is 0 Å². The van der Waals surface area contributed by atoms with E-state index in [2.05, 4.69) is 0 Å². The first kappa shape index (κ1) is 12.0. The van der Waals surface area contributed by atoms with Gasteiger partial charge in [-0.15, -0.1) is 11.3 Å². The van der Waals surface area contributed by atoms with Crippen molar-refractivity contribution in [2.45, 2.75) is 12.8 Å². The summed E-state index contributed by atoms with van der Waals surface area (Å²) < 4.78 is 5.24. The van der Waals surface area contributed by atoms with Gasteiger partial charge in [-0.3, -0.25) is 4.79 Å². The summed E-state index contributed by atoms with van der Waals surface area (Å²) in [5, 5.41) is 0.515. The number of carbonyl (C=O) groups excluding carboxylic acids is 1. The zero-order chi connectivity index (χ0) is 13.6. The second-order valence-electron chi connectivity index (χ2n) is 4.54. The first-order valence-electron chi connectivity index (χ1n) is 6.00. The van der Waals surface area contributed by atoms with Crippen molar-refractivity contribution < 1.29 is 9.53 Å². The highest BCUT2D eigenvalue weighted by atomic mass is 32.1. The molecule has 19 heavy (non-hydrogen) atoms. The molecule has 1 aromatic carbocycles. The lowest BCUT2D eigenvalue weighted by molar-refractivity contribution is 0.100. The number of thiophene rings is 1. The fourth-order valence-electron chi connectivity index (χ4n) is 2.60. The molecule has 1 amide bonds. The Kier molecular flexibility index (Phi) is 2.71. The van der Waals surface area contributed by atoms with E-state index in [0.29, 0.717) is 10.6 Å². The van der Waals surface area contributed by atoms with Crippen LogP contribution in [0.2, 0.25) is 0 Å². The van der Waals surface area contributed by atoms with E-state index in [0.717, 1.165) is 34.6 Å². The predicted octanol–water partition coefficient (Wildman–Crippen LogP) is 2.20. The first-order chi connectivity index (χ1) is 9.11. The fraction of sp³-hybridized carbons (Fsp3) is 0.214. The van der Waals surface area contributed by atoms with Crippen LogP contribution in [0.4, 0.5) is 5.00 Å². The molecular weight excluding hydrogens is 260 g/mol. The SMILES string of the molecule is COc1ccc2c(c1)CCc1c-2sc(N)c1C(N)=O. The molecule has 0 spiro atoms. The number of ether oxygens (including phenoxy) is 1. The topological polar surface area (TPSA) is 78.3 Å². The van der Waals surface area contributed by atoms with Crippen molar-refractivity contribution in [3.8, 4) is 16.2 Å². The highest BCUT2D eigenvalue weighted by Gasteiger charge is 2.26. The summed E-state index contributed by atoms with van der Waals surface area (Å²) in [5.74, 6) is 0.411. The summed E-state index contributed by atoms with van der Waals surface area (Å²) in [4.78, 5) is 12.6. The molecule has 1 aliphatic rings. The standard InChI is InChI=1S/C14H14N2O2S/c1-18-8-3-5-9-7(6-8)2-4-10-11(13(15)17)14(16)19-12(9)10/h3,5-6H,2,4,16H2,1H3,(H2,15,17). The number of amides is 1. The Morgan fingerprint density at radius 1 is 1.37 bits per heavy atom. The van der Waals surface area contributed by atoms with Gasteiger partial charge in [-0.25, -0.2) is 0 Å². The van der Waals surface area contributed by atoms with E-state index in [9.17, 15) is 4.79 Å². The number of nitrogen functional groups attached to an aromatic ring is 1. The van der Waals surface area contributed by atoms with Crippen molar-refractivity contribution in [2.24, 2.45) is 5.73 Å². The minimum atomic E-state index is -0.438. The van der Waals surface area contributed by atoms with Crippen LogP contribution in [-0.2, 0) is 12.8 Å². The number of hydrogen-bond acceptors (Lipinski definition) is 4. The lowest BCUT2D eigenvalue weighted by Gasteiger charge is -2.17. The normalized spacial score (nSPS) is 12.7. The number of rotatable bonds is 2. The van der Waals surface area contributed by atoms with E-state index in [1.54, 1.807) is 7.11 Å². The molecule has 0 saturated heterocycles. The molecule has 4 N–H and O–H groups in total. The number of nitrogens with two attached hydrogens (primary N) is 2. The summed E-state index contributed by atoms with van der Waals surface area (Å²) in [6, 6.07) is 5.98. The molecule has 4 nitrogen and oxygen atoms in total. The Hall–Kier alpha value is -2.01. The number of anilines is 1. The van der Waals surface area contributed by atoms with Gasteiger partial charge in [0.15, 0.2) is 0 Å². The molecule has 1 heterocycles. The van der Waals surface area contributed by atoms with Gasteiger partial charge in [-0.05, 0) is 47.7 Å². The van der Waals surface area contributed by atoms with Gasteiger partial charge in [0, 0.05) is 4.88 Å². The third kappa shape index (κ3) is 1.77. The van der Waals surface area contributed by atoms with Crippen LogP contribution >= 0.6 is 11.3 Å². The minimum Gasteiger partial charge on any atom is -0.497 e. The van der Waals surface area contributed by atoms with Crippen LogP contribution in [0.3, 0.4) is 0 Å². The molecule has 98 valence electrons. The zero-order valence-electron chi connectivity index (χ0n) is 10.5. The Morgan fingerprint density at radius 3 is 2.84 bits per heavy atom. The molecule has 1 aliphatic carbocycles. The van der Waals surface area contributed by atoms with Crippen LogP contribution in [0.25, 0.3) is 10.4 Å². The Bertz CT molecular complexity index is 676. The summed E-state index contributed by atoms with van der Waals surface area (Å²) in [6.45, 7) is 0. The summed E-state index contributed by atoms with van der Waals surface area (Å²) in [6.07, 6.45) is 1.66. The molecule has 0 aliphatic heterocycles. The number of benzene rings is 1. The number of hydrogen-bond donors (Lipinski definition) is 2. The van der Waals surface area contributed by atoms with Gasteiger partial charge < -0.3 is 16.2 Å². The Morgan fingerprint density at radius 2 is 2.16 bits per heavy atom. The number of carbonyl (C=O) groups is 1. The van der Waals surface area contributed by atoms with Crippen molar-refractivity contribution in [1.29, 1.82) is 0 Å². The van der Waals surface area contributed by atoms with Crippen LogP contribution in [0.1, 0.15) is 21.5 Å². The number of methoxy groups -OCH3 is 1. The number of fused-ring (bicyclic) bond motifs is 3. The van der Waals surface area contributed by atoms with Crippen LogP contribution in [0.15, 0.2) is 18.2 Å². The smallest absolute Gasteiger partial charge is 0.251 e. The van der Waals surface area contributed by atoms with Gasteiger partial charge in [0.05, 0.1) is 17.7 Å². The lowest BCUT2D eigenvalue weighted by atomic mass is 9.89. The summed E-state index contributed by atoms with van der Waals surface area (Å²) in [5.41, 5.74) is 15.2. The maximum atomic E-state index is 11.5. The fourth-order valence-corrected chi connectivity index (χ4v) is 3.78. The second kappa shape index (κ2) is 4.28. The zero-order valence-corrected chi connectivity index (χ0v) is 11.3. The van der Waals surface area contributed by atoms with E-state index in [1.807, 2.05) is 18.2 Å². The van der Waals surface area contributed by atoms with Crippen LogP contribution in [-0.4, -0.2) is 13.0 Å². The van der Waals surface area contributed by atoms with Crippen LogP contribution < -0.4 is 16.2 Å². The maximum Gasteiger partial charge on any atom is 0.251 e. The molecule has 0 unspecified atom stereocenters. The van der Waals surface area contributed by atoms with Gasteiger partial charge in [-0.2, -0.15) is 0 Å². The minimum absolute atomic E-state index is 0.438. The summed E-state index contributed by atoms with van der Waals surface area (Å²) >= 11 is 1.44. The Labute approximate surface area is 115 Å². The molecule has 1 aromatic heterocycles. The largest absolute Gasteiger partial charge is 0.497 e. The average Bonchev–Trinajstić information content (AvgIpc) is 2.74. The molecule has 0 bridgehead atoms. The van der Waals surface area contributed by atoms with Crippen molar-refractivity contribution in [3.63, 3.8) is 0 Å². The van der Waals surface area contributed by atoms with Crippen molar-refractivity contribution >= 4 is 22.2 Å². The quantitative estimate of drug-likeness (QED) is 0.881. The number of aryl methyl sites for hydroxylation is 1. The van der Waals surface area contributed by atoms with Crippen molar-refractivity contribution in [3.05, 3.63) is 34.9 Å². The van der Waals surface area contributed by atoms with Gasteiger partial charge in [0.1, 0.15) is 5.75 Å². The van der Waals surface area contributed by atoms with E-state index in [4.69, 9.17) is 16.2 Å². The van der Waals surface area contributed by atoms with E-state index in [1.165, 1.54) is 16.9 Å². The number of primary amides is 1. The second-order valence-corrected chi connectivity index (χ2v) is 5.59. The molecule has 0 atom stereocenters. The van der Waals surface area contributed by atoms with E-state index >= 15 is 0 Å². The molecule has 2 aromatic rings. The first-order valence-corrected chi connectivity index (χ1v) is 6.81. The Balaban J connectivity index is 2.20. The molecule has 5 heteroatoms. The van der Waals surface area contributed by atoms with E-state index in [-0.39, 0.29) is 0 Å².